The Balaban J connectivity index is 1.83. The third-order valence-electron chi connectivity index (χ3n) is 6.74. The Kier molecular flexibility index (Phi) is 8.37. The Hall–Kier alpha value is -2.86. The van der Waals surface area contributed by atoms with E-state index in [1.54, 1.807) is 36.1 Å². The van der Waals surface area contributed by atoms with Crippen molar-refractivity contribution in [2.75, 3.05) is 38.1 Å². The molecule has 2 heterocycles. The normalized spacial score (nSPS) is 22.5. The molecule has 0 radical (unpaired) electrons. The summed E-state index contributed by atoms with van der Waals surface area (Å²) in [5.74, 6) is -1.51. The number of amides is 1. The van der Waals surface area contributed by atoms with E-state index in [4.69, 9.17) is 0 Å². The van der Waals surface area contributed by atoms with Crippen molar-refractivity contribution < 1.29 is 18.0 Å². The maximum atomic E-state index is 13.8. The highest BCUT2D eigenvalue weighted by molar-refractivity contribution is 5.82. The number of carbonyl (C=O) groups excluding carboxylic acids is 1. The van der Waals surface area contributed by atoms with Gasteiger partial charge in [-0.05, 0) is 71.1 Å². The van der Waals surface area contributed by atoms with Gasteiger partial charge in [-0.3, -0.25) is 9.79 Å². The third-order valence-corrected chi connectivity index (χ3v) is 6.74. The van der Waals surface area contributed by atoms with Crippen LogP contribution in [-0.4, -0.2) is 63.0 Å². The number of aliphatic imine (C=N–C) groups is 1. The quantitative estimate of drug-likeness (QED) is 0.614. The Labute approximate surface area is 199 Å². The van der Waals surface area contributed by atoms with E-state index in [0.717, 1.165) is 25.9 Å². The second-order valence-electron chi connectivity index (χ2n) is 9.26. The molecule has 184 valence electrons. The summed E-state index contributed by atoms with van der Waals surface area (Å²) in [4.78, 5) is 20.6. The van der Waals surface area contributed by atoms with E-state index in [9.17, 15) is 23.2 Å². The van der Waals surface area contributed by atoms with Gasteiger partial charge >= 0.3 is 6.18 Å². The molecule has 1 aromatic carbocycles. The molecule has 2 saturated heterocycles. The number of rotatable bonds is 6. The molecule has 0 saturated carbocycles. The highest BCUT2D eigenvalue weighted by atomic mass is 19.4. The number of allylic oxidation sites excluding steroid dienone is 1. The van der Waals surface area contributed by atoms with E-state index < -0.39 is 18.1 Å². The molecule has 2 atom stereocenters. The number of anilines is 1. The number of hydrogen-bond acceptors (Lipinski definition) is 5. The molecule has 0 aromatic heterocycles. The Bertz CT molecular complexity index is 961. The smallest absolute Gasteiger partial charge is 0.368 e. The first-order valence-corrected chi connectivity index (χ1v) is 11.6. The van der Waals surface area contributed by atoms with Crippen LogP contribution in [0.3, 0.4) is 0 Å². The first kappa shape index (κ1) is 25.8. The van der Waals surface area contributed by atoms with Gasteiger partial charge in [0.2, 0.25) is 5.91 Å². The van der Waals surface area contributed by atoms with Gasteiger partial charge in [0.25, 0.3) is 0 Å². The maximum absolute atomic E-state index is 13.8. The fraction of sp³-hybridized carbons (Fsp3) is 0.560. The summed E-state index contributed by atoms with van der Waals surface area (Å²) >= 11 is 0. The van der Waals surface area contributed by atoms with Gasteiger partial charge in [0.1, 0.15) is 6.07 Å². The minimum Gasteiger partial charge on any atom is -0.368 e. The number of hydrogen-bond donors (Lipinski definition) is 1. The van der Waals surface area contributed by atoms with Crippen molar-refractivity contribution >= 4 is 30.1 Å². The van der Waals surface area contributed by atoms with Crippen molar-refractivity contribution in [3.63, 3.8) is 0 Å². The lowest BCUT2D eigenvalue weighted by Gasteiger charge is -2.41. The van der Waals surface area contributed by atoms with Crippen molar-refractivity contribution in [2.24, 2.45) is 16.8 Å². The van der Waals surface area contributed by atoms with Gasteiger partial charge in [0.15, 0.2) is 0 Å². The highest BCUT2D eigenvalue weighted by Gasteiger charge is 2.45. The van der Waals surface area contributed by atoms with Crippen molar-refractivity contribution in [3.8, 4) is 6.07 Å². The van der Waals surface area contributed by atoms with E-state index >= 15 is 0 Å². The SMILES string of the molecule is C=Nc1c(C#N)ccc(N2CC(NC(=O)CC3CCN(C)CC3)CC(C(F)(F)F)C2)c1/C=C\C. The minimum atomic E-state index is -4.39. The summed E-state index contributed by atoms with van der Waals surface area (Å²) in [6.07, 6.45) is 1.11. The molecule has 6 nitrogen and oxygen atoms in total. The zero-order chi connectivity index (χ0) is 24.9. The third kappa shape index (κ3) is 6.17. The van der Waals surface area contributed by atoms with Crippen LogP contribution < -0.4 is 10.2 Å². The van der Waals surface area contributed by atoms with Gasteiger partial charge in [-0.2, -0.15) is 18.4 Å². The number of nitrogens with one attached hydrogen (secondary N) is 1. The number of carbonyl (C=O) groups is 1. The van der Waals surface area contributed by atoms with Crippen LogP contribution in [-0.2, 0) is 4.79 Å². The monoisotopic (exact) mass is 475 g/mol. The standard InChI is InChI=1S/C25H32F3N5O/c1-4-5-21-22(7-6-18(14-29)24(21)30-2)33-15-19(25(26,27)28)13-20(16-33)31-23(34)12-17-8-10-32(3)11-9-17/h4-7,17,19-20H,2,8-13,15-16H2,1,3H3,(H,31,34)/b5-4-. The molecule has 1 aromatic rings. The van der Waals surface area contributed by atoms with Gasteiger partial charge in [0.05, 0.1) is 17.2 Å². The lowest BCUT2D eigenvalue weighted by molar-refractivity contribution is -0.178. The minimum absolute atomic E-state index is 0.152. The summed E-state index contributed by atoms with van der Waals surface area (Å²) in [5, 5.41) is 12.3. The van der Waals surface area contributed by atoms with Gasteiger partial charge < -0.3 is 15.1 Å². The highest BCUT2D eigenvalue weighted by Crippen LogP contribution is 2.39. The summed E-state index contributed by atoms with van der Waals surface area (Å²) in [7, 11) is 2.04. The molecular weight excluding hydrogens is 443 g/mol. The number of nitriles is 1. The van der Waals surface area contributed by atoms with Crippen LogP contribution in [0.2, 0.25) is 0 Å². The predicted octanol–water partition coefficient (Wildman–Crippen LogP) is 4.53. The lowest BCUT2D eigenvalue weighted by Crippen LogP contribution is -2.54. The van der Waals surface area contributed by atoms with Crippen LogP contribution >= 0.6 is 0 Å². The summed E-state index contributed by atoms with van der Waals surface area (Å²) in [6.45, 7) is 7.21. The lowest BCUT2D eigenvalue weighted by atomic mass is 9.90. The van der Waals surface area contributed by atoms with Crippen LogP contribution in [0.25, 0.3) is 6.08 Å². The fourth-order valence-corrected chi connectivity index (χ4v) is 4.92. The topological polar surface area (TPSA) is 71.7 Å². The van der Waals surface area contributed by atoms with Crippen LogP contribution in [0.15, 0.2) is 23.2 Å². The zero-order valence-corrected chi connectivity index (χ0v) is 19.7. The first-order chi connectivity index (χ1) is 16.2. The van der Waals surface area contributed by atoms with Gasteiger partial charge in [-0.1, -0.05) is 12.2 Å². The summed E-state index contributed by atoms with van der Waals surface area (Å²) in [5.41, 5.74) is 1.74. The molecule has 2 aliphatic rings. The Morgan fingerprint density at radius 1 is 1.32 bits per heavy atom. The van der Waals surface area contributed by atoms with E-state index in [2.05, 4.69) is 28.0 Å². The van der Waals surface area contributed by atoms with E-state index in [1.807, 2.05) is 7.05 Å². The molecule has 1 amide bonds. The van der Waals surface area contributed by atoms with Crippen molar-refractivity contribution in [2.45, 2.75) is 44.8 Å². The fourth-order valence-electron chi connectivity index (χ4n) is 4.92. The second kappa shape index (κ2) is 11.0. The number of piperidine rings is 2. The molecule has 0 bridgehead atoms. The average molecular weight is 476 g/mol. The summed E-state index contributed by atoms with van der Waals surface area (Å²) < 4.78 is 41.5. The van der Waals surface area contributed by atoms with E-state index in [0.29, 0.717) is 28.9 Å². The first-order valence-electron chi connectivity index (χ1n) is 11.6. The van der Waals surface area contributed by atoms with Crippen LogP contribution in [0.4, 0.5) is 24.5 Å². The second-order valence-corrected chi connectivity index (χ2v) is 9.26. The molecule has 0 spiro atoms. The number of likely N-dealkylation sites (tertiary alicyclic amines) is 1. The average Bonchev–Trinajstić information content (AvgIpc) is 2.79. The molecule has 0 aliphatic carbocycles. The molecule has 3 rings (SSSR count). The van der Waals surface area contributed by atoms with Crippen LogP contribution in [0.1, 0.15) is 43.7 Å². The van der Waals surface area contributed by atoms with E-state index in [-0.39, 0.29) is 31.3 Å². The largest absolute Gasteiger partial charge is 0.393 e. The van der Waals surface area contributed by atoms with Crippen molar-refractivity contribution in [1.29, 1.82) is 5.26 Å². The molecule has 2 unspecified atom stereocenters. The molecule has 2 aliphatic heterocycles. The van der Waals surface area contributed by atoms with E-state index in [1.165, 1.54) is 0 Å². The molecule has 34 heavy (non-hydrogen) atoms. The number of alkyl halides is 3. The van der Waals surface area contributed by atoms with Gasteiger partial charge in [0, 0.05) is 36.8 Å². The van der Waals surface area contributed by atoms with Gasteiger partial charge in [-0.25, -0.2) is 0 Å². The number of halogens is 3. The van der Waals surface area contributed by atoms with Gasteiger partial charge in [-0.15, -0.1) is 0 Å². The predicted molar refractivity (Wildman–Crippen MR) is 128 cm³/mol. The molecule has 1 N–H and O–H groups in total. The maximum Gasteiger partial charge on any atom is 0.393 e. The number of benzene rings is 1. The molecular formula is C25H32F3N5O. The molecule has 2 fully saturated rings. The number of nitrogens with zero attached hydrogens (tertiary/aromatic N) is 4. The Morgan fingerprint density at radius 2 is 2.03 bits per heavy atom. The Morgan fingerprint density at radius 3 is 2.62 bits per heavy atom. The van der Waals surface area contributed by atoms with Crippen molar-refractivity contribution in [3.05, 3.63) is 29.3 Å². The van der Waals surface area contributed by atoms with Crippen molar-refractivity contribution in [1.82, 2.24) is 10.2 Å². The molecule has 9 heteroatoms. The summed E-state index contributed by atoms with van der Waals surface area (Å²) in [6, 6.07) is 4.63. The zero-order valence-electron chi connectivity index (χ0n) is 19.7. The van der Waals surface area contributed by atoms with Crippen LogP contribution in [0, 0.1) is 23.2 Å². The van der Waals surface area contributed by atoms with Crippen LogP contribution in [0.5, 0.6) is 0 Å².